The average Bonchev–Trinajstić information content (AvgIpc) is 3.25. The SMILES string of the molecule is O=S(=O)(c1ccccc1)N1CCc2ccc(N3CCCC3)cc21. The fraction of sp³-hybridized carbons (Fsp3) is 0.333. The molecule has 4 nitrogen and oxygen atoms in total. The van der Waals surface area contributed by atoms with Crippen LogP contribution < -0.4 is 9.21 Å². The third-order valence-electron chi connectivity index (χ3n) is 4.72. The van der Waals surface area contributed by atoms with Crippen LogP contribution in [0.1, 0.15) is 18.4 Å². The van der Waals surface area contributed by atoms with E-state index in [0.717, 1.165) is 36.4 Å². The van der Waals surface area contributed by atoms with Crippen molar-refractivity contribution in [1.82, 2.24) is 0 Å². The molecule has 0 atom stereocenters. The predicted octanol–water partition coefficient (Wildman–Crippen LogP) is 3.04. The van der Waals surface area contributed by atoms with Gasteiger partial charge < -0.3 is 4.90 Å². The number of hydrogen-bond acceptors (Lipinski definition) is 3. The summed E-state index contributed by atoms with van der Waals surface area (Å²) in [5.41, 5.74) is 3.10. The van der Waals surface area contributed by atoms with Crippen molar-refractivity contribution in [1.29, 1.82) is 0 Å². The van der Waals surface area contributed by atoms with Crippen molar-refractivity contribution >= 4 is 21.4 Å². The second kappa shape index (κ2) is 5.57. The van der Waals surface area contributed by atoms with Gasteiger partial charge in [-0.3, -0.25) is 4.31 Å². The summed E-state index contributed by atoms with van der Waals surface area (Å²) in [4.78, 5) is 2.70. The van der Waals surface area contributed by atoms with Crippen molar-refractivity contribution in [2.45, 2.75) is 24.2 Å². The first-order valence-corrected chi connectivity index (χ1v) is 9.56. The number of hydrogen-bond donors (Lipinski definition) is 0. The molecule has 0 aliphatic carbocycles. The monoisotopic (exact) mass is 328 g/mol. The highest BCUT2D eigenvalue weighted by molar-refractivity contribution is 7.92. The van der Waals surface area contributed by atoms with E-state index >= 15 is 0 Å². The van der Waals surface area contributed by atoms with E-state index in [9.17, 15) is 8.42 Å². The molecule has 0 N–H and O–H groups in total. The summed E-state index contributed by atoms with van der Waals surface area (Å²) < 4.78 is 27.5. The van der Waals surface area contributed by atoms with E-state index in [1.54, 1.807) is 28.6 Å². The van der Waals surface area contributed by atoms with Gasteiger partial charge in [-0.15, -0.1) is 0 Å². The lowest BCUT2D eigenvalue weighted by Gasteiger charge is -2.23. The summed E-state index contributed by atoms with van der Waals surface area (Å²) in [7, 11) is -3.48. The third-order valence-corrected chi connectivity index (χ3v) is 6.55. The molecule has 0 unspecified atom stereocenters. The van der Waals surface area contributed by atoms with Crippen molar-refractivity contribution in [2.24, 2.45) is 0 Å². The number of benzene rings is 2. The van der Waals surface area contributed by atoms with Crippen molar-refractivity contribution in [2.75, 3.05) is 28.8 Å². The lowest BCUT2D eigenvalue weighted by molar-refractivity contribution is 0.592. The first kappa shape index (κ1) is 14.6. The minimum Gasteiger partial charge on any atom is -0.371 e. The summed E-state index contributed by atoms with van der Waals surface area (Å²) >= 11 is 0. The molecule has 0 saturated carbocycles. The predicted molar refractivity (Wildman–Crippen MR) is 92.6 cm³/mol. The van der Waals surface area contributed by atoms with Crippen LogP contribution in [-0.2, 0) is 16.4 Å². The molecule has 2 heterocycles. The molecule has 0 bridgehead atoms. The Morgan fingerprint density at radius 3 is 2.35 bits per heavy atom. The second-order valence-electron chi connectivity index (χ2n) is 6.15. The smallest absolute Gasteiger partial charge is 0.264 e. The maximum Gasteiger partial charge on any atom is 0.264 e. The van der Waals surface area contributed by atoms with Crippen LogP contribution in [-0.4, -0.2) is 28.1 Å². The Balaban J connectivity index is 1.73. The minimum atomic E-state index is -3.48. The number of anilines is 2. The lowest BCUT2D eigenvalue weighted by atomic mass is 10.1. The molecule has 0 radical (unpaired) electrons. The molecule has 23 heavy (non-hydrogen) atoms. The molecule has 120 valence electrons. The second-order valence-corrected chi connectivity index (χ2v) is 8.01. The van der Waals surface area contributed by atoms with Crippen LogP contribution in [0, 0.1) is 0 Å². The van der Waals surface area contributed by atoms with Gasteiger partial charge in [0.05, 0.1) is 10.6 Å². The van der Waals surface area contributed by atoms with E-state index < -0.39 is 10.0 Å². The van der Waals surface area contributed by atoms with Gasteiger partial charge in [0.15, 0.2) is 0 Å². The summed E-state index contributed by atoms with van der Waals surface area (Å²) in [5, 5.41) is 0. The van der Waals surface area contributed by atoms with Gasteiger partial charge in [0, 0.05) is 25.3 Å². The van der Waals surface area contributed by atoms with E-state index in [1.165, 1.54) is 12.8 Å². The van der Waals surface area contributed by atoms with Crippen LogP contribution in [0.2, 0.25) is 0 Å². The van der Waals surface area contributed by atoms with Crippen LogP contribution in [0.5, 0.6) is 0 Å². The van der Waals surface area contributed by atoms with Crippen LogP contribution in [0.15, 0.2) is 53.4 Å². The quantitative estimate of drug-likeness (QED) is 0.869. The van der Waals surface area contributed by atoms with Gasteiger partial charge >= 0.3 is 0 Å². The Morgan fingerprint density at radius 2 is 1.61 bits per heavy atom. The molecule has 5 heteroatoms. The van der Waals surface area contributed by atoms with E-state index in [-0.39, 0.29) is 0 Å². The van der Waals surface area contributed by atoms with Crippen LogP contribution in [0.3, 0.4) is 0 Å². The topological polar surface area (TPSA) is 40.6 Å². The van der Waals surface area contributed by atoms with E-state index in [2.05, 4.69) is 17.0 Å². The van der Waals surface area contributed by atoms with Gasteiger partial charge in [-0.25, -0.2) is 8.42 Å². The molecule has 4 rings (SSSR count). The molecule has 1 saturated heterocycles. The third kappa shape index (κ3) is 2.49. The van der Waals surface area contributed by atoms with Crippen molar-refractivity contribution < 1.29 is 8.42 Å². The summed E-state index contributed by atoms with van der Waals surface area (Å²) in [6.07, 6.45) is 3.20. The van der Waals surface area contributed by atoms with Crippen LogP contribution >= 0.6 is 0 Å². The molecule has 0 spiro atoms. The number of sulfonamides is 1. The highest BCUT2D eigenvalue weighted by Crippen LogP contribution is 2.36. The Morgan fingerprint density at radius 1 is 0.870 bits per heavy atom. The maximum atomic E-state index is 12.9. The largest absolute Gasteiger partial charge is 0.371 e. The minimum absolute atomic E-state index is 0.361. The number of fused-ring (bicyclic) bond motifs is 1. The van der Waals surface area contributed by atoms with Gasteiger partial charge in [-0.2, -0.15) is 0 Å². The fourth-order valence-corrected chi connectivity index (χ4v) is 5.00. The normalized spacial score (nSPS) is 17.6. The summed E-state index contributed by atoms with van der Waals surface area (Å²) in [5.74, 6) is 0. The van der Waals surface area contributed by atoms with Gasteiger partial charge in [0.25, 0.3) is 10.0 Å². The molecule has 0 aromatic heterocycles. The highest BCUT2D eigenvalue weighted by atomic mass is 32.2. The Kier molecular flexibility index (Phi) is 3.53. The van der Waals surface area contributed by atoms with Crippen LogP contribution in [0.4, 0.5) is 11.4 Å². The van der Waals surface area contributed by atoms with Crippen molar-refractivity contribution in [3.8, 4) is 0 Å². The fourth-order valence-electron chi connectivity index (χ4n) is 3.48. The van der Waals surface area contributed by atoms with Gasteiger partial charge in [-0.05, 0) is 49.1 Å². The highest BCUT2D eigenvalue weighted by Gasteiger charge is 2.31. The first-order chi connectivity index (χ1) is 11.2. The molecule has 0 amide bonds. The molecule has 2 aliphatic rings. The van der Waals surface area contributed by atoms with E-state index in [4.69, 9.17) is 0 Å². The molecule has 2 aromatic rings. The van der Waals surface area contributed by atoms with Crippen molar-refractivity contribution in [3.63, 3.8) is 0 Å². The number of nitrogens with zero attached hydrogens (tertiary/aromatic N) is 2. The molecular weight excluding hydrogens is 308 g/mol. The Bertz CT molecular complexity index is 812. The van der Waals surface area contributed by atoms with Crippen molar-refractivity contribution in [3.05, 3.63) is 54.1 Å². The standard InChI is InChI=1S/C18H20N2O2S/c21-23(22,17-6-2-1-3-7-17)20-13-10-15-8-9-16(14-18(15)20)19-11-4-5-12-19/h1-3,6-9,14H,4-5,10-13H2. The molecule has 1 fully saturated rings. The van der Waals surface area contributed by atoms with E-state index in [1.807, 2.05) is 12.1 Å². The average molecular weight is 328 g/mol. The zero-order chi connectivity index (χ0) is 15.9. The van der Waals surface area contributed by atoms with Gasteiger partial charge in [0.1, 0.15) is 0 Å². The zero-order valence-electron chi connectivity index (χ0n) is 13.0. The van der Waals surface area contributed by atoms with Crippen LogP contribution in [0.25, 0.3) is 0 Å². The molecular formula is C18H20N2O2S. The Labute approximate surface area is 137 Å². The Hall–Kier alpha value is -2.01. The number of rotatable bonds is 3. The lowest BCUT2D eigenvalue weighted by Crippen LogP contribution is -2.29. The molecule has 2 aromatic carbocycles. The summed E-state index contributed by atoms with van der Waals surface area (Å²) in [6.45, 7) is 2.64. The first-order valence-electron chi connectivity index (χ1n) is 8.12. The van der Waals surface area contributed by atoms with E-state index in [0.29, 0.717) is 11.4 Å². The summed E-state index contributed by atoms with van der Waals surface area (Å²) in [6, 6.07) is 15.0. The maximum absolute atomic E-state index is 12.9. The van der Waals surface area contributed by atoms with Gasteiger partial charge in [-0.1, -0.05) is 24.3 Å². The van der Waals surface area contributed by atoms with Gasteiger partial charge in [0.2, 0.25) is 0 Å². The molecule has 2 aliphatic heterocycles. The zero-order valence-corrected chi connectivity index (χ0v) is 13.8.